The van der Waals surface area contributed by atoms with Crippen molar-refractivity contribution in [2.45, 2.75) is 19.1 Å². The Balaban J connectivity index is 2.08. The molecule has 3 nitrogen and oxygen atoms in total. The SMILES string of the molecule is CCOC(=O)C(C)CSC1COC1. The first-order chi connectivity index (χ1) is 6.24. The molecular weight excluding hydrogens is 188 g/mol. The van der Waals surface area contributed by atoms with E-state index in [1.54, 1.807) is 11.8 Å². The minimum absolute atomic E-state index is 0.00514. The second kappa shape index (κ2) is 5.50. The molecule has 4 heteroatoms. The minimum Gasteiger partial charge on any atom is -0.466 e. The Labute approximate surface area is 83.2 Å². The van der Waals surface area contributed by atoms with Crippen molar-refractivity contribution in [2.75, 3.05) is 25.6 Å². The van der Waals surface area contributed by atoms with Gasteiger partial charge in [-0.05, 0) is 6.92 Å². The molecule has 1 aliphatic heterocycles. The Hall–Kier alpha value is -0.220. The van der Waals surface area contributed by atoms with Gasteiger partial charge in [0.1, 0.15) is 0 Å². The summed E-state index contributed by atoms with van der Waals surface area (Å²) in [7, 11) is 0. The Morgan fingerprint density at radius 3 is 2.85 bits per heavy atom. The van der Waals surface area contributed by atoms with Gasteiger partial charge in [0.2, 0.25) is 0 Å². The van der Waals surface area contributed by atoms with E-state index in [4.69, 9.17) is 9.47 Å². The molecule has 0 aromatic carbocycles. The topological polar surface area (TPSA) is 35.5 Å². The predicted molar refractivity (Wildman–Crippen MR) is 52.9 cm³/mol. The fourth-order valence-corrected chi connectivity index (χ4v) is 2.03. The molecule has 1 saturated heterocycles. The van der Waals surface area contributed by atoms with E-state index in [-0.39, 0.29) is 11.9 Å². The Kier molecular flexibility index (Phi) is 4.59. The van der Waals surface area contributed by atoms with E-state index in [9.17, 15) is 4.79 Å². The van der Waals surface area contributed by atoms with Gasteiger partial charge in [-0.1, -0.05) is 6.92 Å². The molecule has 1 atom stereocenters. The Morgan fingerprint density at radius 1 is 1.69 bits per heavy atom. The predicted octanol–water partition coefficient (Wildman–Crippen LogP) is 1.32. The van der Waals surface area contributed by atoms with E-state index in [0.29, 0.717) is 11.9 Å². The summed E-state index contributed by atoms with van der Waals surface area (Å²) in [6.07, 6.45) is 0. The highest BCUT2D eigenvalue weighted by atomic mass is 32.2. The number of carbonyl (C=O) groups excluding carboxylic acids is 1. The second-order valence-electron chi connectivity index (χ2n) is 3.15. The number of thioether (sulfide) groups is 1. The van der Waals surface area contributed by atoms with Crippen LogP contribution < -0.4 is 0 Å². The average molecular weight is 204 g/mol. The van der Waals surface area contributed by atoms with Gasteiger partial charge >= 0.3 is 5.97 Å². The van der Waals surface area contributed by atoms with Gasteiger partial charge < -0.3 is 9.47 Å². The van der Waals surface area contributed by atoms with E-state index in [2.05, 4.69) is 0 Å². The molecule has 76 valence electrons. The first-order valence-electron chi connectivity index (χ1n) is 4.60. The minimum atomic E-state index is -0.0877. The fourth-order valence-electron chi connectivity index (χ4n) is 0.943. The standard InChI is InChI=1S/C9H16O3S/c1-3-12-9(10)7(2)6-13-8-4-11-5-8/h7-8H,3-6H2,1-2H3. The fraction of sp³-hybridized carbons (Fsp3) is 0.889. The van der Waals surface area contributed by atoms with Crippen molar-refractivity contribution in [3.8, 4) is 0 Å². The lowest BCUT2D eigenvalue weighted by Gasteiger charge is -2.26. The Morgan fingerprint density at radius 2 is 2.38 bits per heavy atom. The molecule has 0 saturated carbocycles. The van der Waals surface area contributed by atoms with Gasteiger partial charge in [0.25, 0.3) is 0 Å². The number of ether oxygens (including phenoxy) is 2. The van der Waals surface area contributed by atoms with Gasteiger partial charge in [-0.3, -0.25) is 4.79 Å². The summed E-state index contributed by atoms with van der Waals surface area (Å²) in [5.41, 5.74) is 0. The average Bonchev–Trinajstić information content (AvgIpc) is 2.01. The molecule has 0 spiro atoms. The van der Waals surface area contributed by atoms with Gasteiger partial charge in [-0.25, -0.2) is 0 Å². The van der Waals surface area contributed by atoms with Crippen molar-refractivity contribution in [3.05, 3.63) is 0 Å². The van der Waals surface area contributed by atoms with Gasteiger partial charge in [0.05, 0.1) is 31.0 Å². The molecular formula is C9H16O3S. The third kappa shape index (κ3) is 3.56. The van der Waals surface area contributed by atoms with E-state index in [1.165, 1.54) is 0 Å². The van der Waals surface area contributed by atoms with Crippen molar-refractivity contribution >= 4 is 17.7 Å². The zero-order valence-electron chi connectivity index (χ0n) is 8.12. The molecule has 1 heterocycles. The largest absolute Gasteiger partial charge is 0.466 e. The molecule has 0 aliphatic carbocycles. The molecule has 13 heavy (non-hydrogen) atoms. The number of rotatable bonds is 5. The molecule has 0 N–H and O–H groups in total. The Bertz CT molecular complexity index is 168. The van der Waals surface area contributed by atoms with Crippen LogP contribution in [0.4, 0.5) is 0 Å². The van der Waals surface area contributed by atoms with Crippen LogP contribution in [-0.2, 0) is 14.3 Å². The molecule has 0 aromatic rings. The number of hydrogen-bond acceptors (Lipinski definition) is 4. The molecule has 0 aromatic heterocycles. The third-order valence-corrected chi connectivity index (χ3v) is 3.31. The van der Waals surface area contributed by atoms with Gasteiger partial charge in [0, 0.05) is 5.75 Å². The molecule has 1 unspecified atom stereocenters. The van der Waals surface area contributed by atoms with Crippen LogP contribution in [0.15, 0.2) is 0 Å². The van der Waals surface area contributed by atoms with Gasteiger partial charge in [0.15, 0.2) is 0 Å². The van der Waals surface area contributed by atoms with Crippen LogP contribution in [0.25, 0.3) is 0 Å². The van der Waals surface area contributed by atoms with Crippen LogP contribution in [0, 0.1) is 5.92 Å². The third-order valence-electron chi connectivity index (χ3n) is 1.88. The summed E-state index contributed by atoms with van der Waals surface area (Å²) in [6, 6.07) is 0. The molecule has 1 rings (SSSR count). The van der Waals surface area contributed by atoms with E-state index >= 15 is 0 Å². The van der Waals surface area contributed by atoms with E-state index in [1.807, 2.05) is 13.8 Å². The van der Waals surface area contributed by atoms with Crippen molar-refractivity contribution in [1.82, 2.24) is 0 Å². The summed E-state index contributed by atoms with van der Waals surface area (Å²) < 4.78 is 9.94. The number of esters is 1. The van der Waals surface area contributed by atoms with Crippen molar-refractivity contribution in [3.63, 3.8) is 0 Å². The summed E-state index contributed by atoms with van der Waals surface area (Å²) in [5.74, 6) is 0.758. The van der Waals surface area contributed by atoms with Crippen LogP contribution in [0.3, 0.4) is 0 Å². The van der Waals surface area contributed by atoms with Crippen LogP contribution in [0.5, 0.6) is 0 Å². The van der Waals surface area contributed by atoms with Crippen molar-refractivity contribution in [2.24, 2.45) is 5.92 Å². The molecule has 0 bridgehead atoms. The van der Waals surface area contributed by atoms with Crippen molar-refractivity contribution in [1.29, 1.82) is 0 Å². The lowest BCUT2D eigenvalue weighted by molar-refractivity contribution is -0.146. The van der Waals surface area contributed by atoms with E-state index in [0.717, 1.165) is 19.0 Å². The van der Waals surface area contributed by atoms with Crippen LogP contribution in [0.1, 0.15) is 13.8 Å². The van der Waals surface area contributed by atoms with Gasteiger partial charge in [-0.15, -0.1) is 0 Å². The van der Waals surface area contributed by atoms with Gasteiger partial charge in [-0.2, -0.15) is 11.8 Å². The second-order valence-corrected chi connectivity index (χ2v) is 4.48. The molecule has 1 fully saturated rings. The first kappa shape index (κ1) is 10.9. The monoisotopic (exact) mass is 204 g/mol. The summed E-state index contributed by atoms with van der Waals surface area (Å²) in [6.45, 7) is 5.88. The molecule has 0 amide bonds. The highest BCUT2D eigenvalue weighted by Gasteiger charge is 2.22. The highest BCUT2D eigenvalue weighted by molar-refractivity contribution is 8.00. The maximum atomic E-state index is 11.2. The number of hydrogen-bond donors (Lipinski definition) is 0. The van der Waals surface area contributed by atoms with Crippen LogP contribution in [0.2, 0.25) is 0 Å². The lowest BCUT2D eigenvalue weighted by atomic mass is 10.2. The maximum absolute atomic E-state index is 11.2. The zero-order valence-corrected chi connectivity index (χ0v) is 8.93. The number of carbonyl (C=O) groups is 1. The first-order valence-corrected chi connectivity index (χ1v) is 5.65. The molecule has 0 radical (unpaired) electrons. The van der Waals surface area contributed by atoms with Crippen LogP contribution >= 0.6 is 11.8 Å². The van der Waals surface area contributed by atoms with E-state index < -0.39 is 0 Å². The summed E-state index contributed by atoms with van der Waals surface area (Å²) in [5, 5.41) is 0.594. The van der Waals surface area contributed by atoms with Crippen LogP contribution in [-0.4, -0.2) is 36.8 Å². The quantitative estimate of drug-likeness (QED) is 0.633. The highest BCUT2D eigenvalue weighted by Crippen LogP contribution is 2.21. The smallest absolute Gasteiger partial charge is 0.309 e. The summed E-state index contributed by atoms with van der Waals surface area (Å²) >= 11 is 1.80. The normalized spacial score (nSPS) is 19.2. The van der Waals surface area contributed by atoms with Crippen molar-refractivity contribution < 1.29 is 14.3 Å². The maximum Gasteiger partial charge on any atom is 0.309 e. The lowest BCUT2D eigenvalue weighted by Crippen LogP contribution is -2.31. The molecule has 1 aliphatic rings. The zero-order chi connectivity index (χ0) is 9.68. The summed E-state index contributed by atoms with van der Waals surface area (Å²) in [4.78, 5) is 11.2.